The van der Waals surface area contributed by atoms with Crippen LogP contribution in [-0.2, 0) is 21.1 Å². The van der Waals surface area contributed by atoms with Gasteiger partial charge in [-0.15, -0.1) is 0 Å². The Morgan fingerprint density at radius 1 is 1.39 bits per heavy atom. The van der Waals surface area contributed by atoms with Gasteiger partial charge in [0.15, 0.2) is 17.7 Å². The van der Waals surface area contributed by atoms with Crippen LogP contribution in [0.2, 0.25) is 0 Å². The second-order valence-electron chi connectivity index (χ2n) is 4.97. The van der Waals surface area contributed by atoms with E-state index in [0.717, 1.165) is 0 Å². The molecule has 0 spiro atoms. The average molecular weight is 362 g/mol. The first-order chi connectivity index (χ1) is 10.8. The Labute approximate surface area is 135 Å². The summed E-state index contributed by atoms with van der Waals surface area (Å²) in [6, 6.07) is -0.830. The molecule has 0 bridgehead atoms. The summed E-state index contributed by atoms with van der Waals surface area (Å²) >= 11 is 4.50. The predicted molar refractivity (Wildman–Crippen MR) is 82.3 cm³/mol. The largest absolute Gasteiger partial charge is 0.394 e. The standard InChI is InChI=1S/C10H15N6O5PS/c11-5-4(1-17)20-10(7(5)21-22(18,19)23)16-3-15-6-8(12)13-2-14-9(6)16/h2-5,7,10,17H,1,11H2,(H2,12,13,14)(H2,18,19,23)/t4-,5-,7-,10-/m1/s1. The number of fused-ring (bicyclic) bond motifs is 1. The van der Waals surface area contributed by atoms with Crippen LogP contribution in [0.3, 0.4) is 0 Å². The second-order valence-corrected chi connectivity index (χ2v) is 7.59. The number of nitrogens with two attached hydrogens (primary N) is 2. The molecule has 1 fully saturated rings. The molecule has 0 unspecified atom stereocenters. The minimum atomic E-state index is -4.00. The van der Waals surface area contributed by atoms with Crippen LogP contribution in [0.1, 0.15) is 6.23 Å². The highest BCUT2D eigenvalue weighted by Crippen LogP contribution is 2.44. The van der Waals surface area contributed by atoms with Crippen LogP contribution < -0.4 is 11.5 Å². The van der Waals surface area contributed by atoms with Crippen molar-refractivity contribution in [1.29, 1.82) is 0 Å². The first-order valence-electron chi connectivity index (χ1n) is 6.50. The van der Waals surface area contributed by atoms with Gasteiger partial charge < -0.3 is 31.1 Å². The third-order valence-corrected chi connectivity index (χ3v) is 4.28. The summed E-state index contributed by atoms with van der Waals surface area (Å²) in [5.41, 5.74) is 12.4. The maximum Gasteiger partial charge on any atom is 0.322 e. The molecule has 3 heterocycles. The number of nitrogens with zero attached hydrogens (tertiary/aromatic N) is 4. The number of hydrogen-bond acceptors (Lipinski definition) is 9. The lowest BCUT2D eigenvalue weighted by atomic mass is 10.1. The van der Waals surface area contributed by atoms with Crippen LogP contribution in [0.15, 0.2) is 12.7 Å². The number of aliphatic hydroxyl groups excluding tert-OH is 1. The van der Waals surface area contributed by atoms with Gasteiger partial charge in [0.05, 0.1) is 19.0 Å². The molecule has 0 aliphatic carbocycles. The van der Waals surface area contributed by atoms with E-state index in [2.05, 4.69) is 26.8 Å². The average Bonchev–Trinajstić information content (AvgIpc) is 3.01. The van der Waals surface area contributed by atoms with Crippen molar-refractivity contribution >= 4 is 35.5 Å². The molecule has 3 rings (SSSR count). The summed E-state index contributed by atoms with van der Waals surface area (Å²) in [5, 5.41) is 9.35. The molecule has 0 radical (unpaired) electrons. The van der Waals surface area contributed by atoms with Crippen LogP contribution in [-0.4, -0.2) is 59.3 Å². The molecule has 0 amide bonds. The van der Waals surface area contributed by atoms with E-state index in [9.17, 15) is 14.9 Å². The van der Waals surface area contributed by atoms with Crippen LogP contribution in [0.5, 0.6) is 0 Å². The minimum Gasteiger partial charge on any atom is -0.394 e. The van der Waals surface area contributed by atoms with Crippen LogP contribution in [0.25, 0.3) is 11.2 Å². The number of imidazole rings is 1. The molecule has 0 aromatic carbocycles. The quantitative estimate of drug-likeness (QED) is 0.389. The molecule has 1 aliphatic rings. The van der Waals surface area contributed by atoms with E-state index in [4.69, 9.17) is 20.7 Å². The zero-order chi connectivity index (χ0) is 16.8. The molecule has 2 aromatic rings. The highest BCUT2D eigenvalue weighted by molar-refractivity contribution is 8.06. The van der Waals surface area contributed by atoms with E-state index in [0.29, 0.717) is 11.2 Å². The third-order valence-electron chi connectivity index (χ3n) is 3.50. The Morgan fingerprint density at radius 3 is 2.78 bits per heavy atom. The Morgan fingerprint density at radius 2 is 2.13 bits per heavy atom. The van der Waals surface area contributed by atoms with Crippen LogP contribution in [0.4, 0.5) is 5.82 Å². The molecule has 1 aliphatic heterocycles. The maximum atomic E-state index is 9.44. The molecule has 7 N–H and O–H groups in total. The third kappa shape index (κ3) is 3.07. The molecular weight excluding hydrogens is 347 g/mol. The van der Waals surface area contributed by atoms with Crippen LogP contribution >= 0.6 is 6.72 Å². The summed E-state index contributed by atoms with van der Waals surface area (Å²) < 4.78 is 12.2. The number of aliphatic hydroxyl groups is 1. The Bertz CT molecular complexity index is 767. The number of hydrogen-bond donors (Lipinski definition) is 5. The molecule has 1 saturated heterocycles. The van der Waals surface area contributed by atoms with Crippen molar-refractivity contribution in [3.8, 4) is 0 Å². The number of ether oxygens (including phenoxy) is 1. The predicted octanol–water partition coefficient (Wildman–Crippen LogP) is -1.78. The Balaban J connectivity index is 2.04. The van der Waals surface area contributed by atoms with Gasteiger partial charge in [0.2, 0.25) is 0 Å². The molecule has 0 saturated carbocycles. The highest BCUT2D eigenvalue weighted by atomic mass is 32.5. The first kappa shape index (κ1) is 16.6. The number of aromatic nitrogens is 4. The van der Waals surface area contributed by atoms with Gasteiger partial charge in [0.1, 0.15) is 24.1 Å². The van der Waals surface area contributed by atoms with Crippen molar-refractivity contribution in [3.63, 3.8) is 0 Å². The fourth-order valence-electron chi connectivity index (χ4n) is 2.47. The molecule has 13 heteroatoms. The van der Waals surface area contributed by atoms with Crippen molar-refractivity contribution in [2.24, 2.45) is 5.73 Å². The number of rotatable bonds is 4. The lowest BCUT2D eigenvalue weighted by molar-refractivity contribution is -0.0457. The number of nitrogen functional groups attached to an aromatic ring is 1. The molecule has 4 atom stereocenters. The molecular formula is C10H15N6O5PS. The highest BCUT2D eigenvalue weighted by Gasteiger charge is 2.46. The summed E-state index contributed by atoms with van der Waals surface area (Å²) in [4.78, 5) is 30.9. The second kappa shape index (κ2) is 6.00. The molecule has 11 nitrogen and oxygen atoms in total. The van der Waals surface area contributed by atoms with E-state index in [-0.39, 0.29) is 12.4 Å². The lowest BCUT2D eigenvalue weighted by Gasteiger charge is -2.24. The summed E-state index contributed by atoms with van der Waals surface area (Å²) in [6.45, 7) is -4.37. The smallest absolute Gasteiger partial charge is 0.322 e. The van der Waals surface area contributed by atoms with Gasteiger partial charge in [-0.2, -0.15) is 0 Å². The summed E-state index contributed by atoms with van der Waals surface area (Å²) in [6.07, 6.45) is -0.0542. The molecule has 126 valence electrons. The summed E-state index contributed by atoms with van der Waals surface area (Å²) in [7, 11) is 0. The normalized spacial score (nSPS) is 28.5. The zero-order valence-corrected chi connectivity index (χ0v) is 13.3. The van der Waals surface area contributed by atoms with Crippen LogP contribution in [0, 0.1) is 0 Å². The van der Waals surface area contributed by atoms with Crippen molar-refractivity contribution < 1.29 is 24.2 Å². The van der Waals surface area contributed by atoms with Gasteiger partial charge in [-0.3, -0.25) is 9.09 Å². The van der Waals surface area contributed by atoms with E-state index in [1.165, 1.54) is 17.2 Å². The SMILES string of the molecule is Nc1ncnc2c1ncn2[C@@H]1O[C@H](CO)[C@@H](N)[C@H]1OP(O)(O)=S. The Hall–Kier alpha value is -1.24. The maximum absolute atomic E-state index is 9.44. The van der Waals surface area contributed by atoms with Gasteiger partial charge in [-0.05, 0) is 11.8 Å². The minimum absolute atomic E-state index is 0.182. The van der Waals surface area contributed by atoms with Crippen molar-refractivity contribution in [2.75, 3.05) is 12.3 Å². The molecule has 2 aromatic heterocycles. The topological polar surface area (TPSA) is 175 Å². The Kier molecular flexibility index (Phi) is 4.33. The van der Waals surface area contributed by atoms with E-state index in [1.54, 1.807) is 0 Å². The monoisotopic (exact) mass is 362 g/mol. The van der Waals surface area contributed by atoms with E-state index >= 15 is 0 Å². The molecule has 23 heavy (non-hydrogen) atoms. The summed E-state index contributed by atoms with van der Waals surface area (Å²) in [5.74, 6) is 0.182. The van der Waals surface area contributed by atoms with Crippen molar-refractivity contribution in [3.05, 3.63) is 12.7 Å². The van der Waals surface area contributed by atoms with Crippen molar-refractivity contribution in [2.45, 2.75) is 24.5 Å². The lowest BCUT2D eigenvalue weighted by Crippen LogP contribution is -2.42. The van der Waals surface area contributed by atoms with Gasteiger partial charge in [-0.1, -0.05) is 0 Å². The van der Waals surface area contributed by atoms with Gasteiger partial charge in [0.25, 0.3) is 0 Å². The fourth-order valence-corrected chi connectivity index (χ4v) is 3.33. The van der Waals surface area contributed by atoms with Gasteiger partial charge in [0, 0.05) is 0 Å². The van der Waals surface area contributed by atoms with Crippen molar-refractivity contribution in [1.82, 2.24) is 19.5 Å². The van der Waals surface area contributed by atoms with Gasteiger partial charge in [-0.25, -0.2) is 15.0 Å². The van der Waals surface area contributed by atoms with E-state index < -0.39 is 31.2 Å². The van der Waals surface area contributed by atoms with E-state index in [1.807, 2.05) is 0 Å². The first-order valence-corrected chi connectivity index (χ1v) is 9.13. The zero-order valence-electron chi connectivity index (χ0n) is 11.6. The fraction of sp³-hybridized carbons (Fsp3) is 0.500. The number of anilines is 1. The van der Waals surface area contributed by atoms with Gasteiger partial charge >= 0.3 is 6.72 Å².